The van der Waals surface area contributed by atoms with Crippen LogP contribution in [0.15, 0.2) is 0 Å². The molecule has 0 heterocycles. The van der Waals surface area contributed by atoms with Crippen molar-refractivity contribution in [2.45, 2.75) is 0 Å². The van der Waals surface area contributed by atoms with E-state index in [1.54, 1.807) is 0 Å². The first-order valence-corrected chi connectivity index (χ1v) is 1.84. The Balaban J connectivity index is 0. The van der Waals surface area contributed by atoms with E-state index in [-0.39, 0.29) is 29.6 Å². The van der Waals surface area contributed by atoms with Gasteiger partial charge in [0.1, 0.15) is 0 Å². The van der Waals surface area contributed by atoms with Crippen LogP contribution in [0.3, 0.4) is 0 Å². The Morgan fingerprint density at radius 3 is 1.44 bits per heavy atom. The van der Waals surface area contributed by atoms with Gasteiger partial charge >= 0.3 is 29.6 Å². The molecule has 46 valence electrons. The third kappa shape index (κ3) is 4.44. The quantitative estimate of drug-likeness (QED) is 0.238. The molecule has 5 heteroatoms. The van der Waals surface area contributed by atoms with Crippen LogP contribution in [0.4, 0.5) is 0 Å². The third-order valence-electron chi connectivity index (χ3n) is 0.596. The fourth-order valence-corrected chi connectivity index (χ4v) is 0.106. The average molecular weight is 140 g/mol. The van der Waals surface area contributed by atoms with Gasteiger partial charge in [0, 0.05) is 5.92 Å². The number of carbonyl (C=O) groups is 2. The minimum Gasteiger partial charge on any atom is -0.483 e. The standard InChI is InChI=1S/C4H5O4.Na/c1-2(3(5)6)4(7)8;/h2H,1H2,(H,5,6)(H,7,8);/q-1;+1. The molecule has 9 heavy (non-hydrogen) atoms. The maximum atomic E-state index is 9.70. The van der Waals surface area contributed by atoms with Crippen LogP contribution in [0.25, 0.3) is 0 Å². The average Bonchev–Trinajstić information content (AvgIpc) is 1.64. The summed E-state index contributed by atoms with van der Waals surface area (Å²) in [5.74, 6) is -4.38. The van der Waals surface area contributed by atoms with E-state index in [0.29, 0.717) is 0 Å². The second-order valence-corrected chi connectivity index (χ2v) is 1.23. The molecule has 0 aliphatic carbocycles. The van der Waals surface area contributed by atoms with Crippen molar-refractivity contribution in [1.29, 1.82) is 0 Å². The van der Waals surface area contributed by atoms with E-state index >= 15 is 0 Å². The molecule has 0 aliphatic heterocycles. The molecule has 0 aromatic carbocycles. The van der Waals surface area contributed by atoms with Crippen molar-refractivity contribution in [3.8, 4) is 0 Å². The van der Waals surface area contributed by atoms with Crippen molar-refractivity contribution in [2.75, 3.05) is 0 Å². The number of aliphatic carboxylic acids is 2. The molecule has 2 N–H and O–H groups in total. The van der Waals surface area contributed by atoms with E-state index in [2.05, 4.69) is 6.92 Å². The molecule has 0 saturated heterocycles. The first-order valence-electron chi connectivity index (χ1n) is 1.84. The summed E-state index contributed by atoms with van der Waals surface area (Å²) in [6.45, 7) is 2.84. The number of carboxylic acid groups (broad SMARTS) is 2. The van der Waals surface area contributed by atoms with Gasteiger partial charge in [-0.1, -0.05) is 0 Å². The van der Waals surface area contributed by atoms with Gasteiger partial charge in [-0.25, -0.2) is 0 Å². The Kier molecular flexibility index (Phi) is 6.22. The second-order valence-electron chi connectivity index (χ2n) is 1.23. The maximum absolute atomic E-state index is 9.70. The first kappa shape index (κ1) is 11.7. The summed E-state index contributed by atoms with van der Waals surface area (Å²) in [6, 6.07) is 0. The number of hydrogen-bond acceptors (Lipinski definition) is 2. The van der Waals surface area contributed by atoms with Crippen LogP contribution in [-0.2, 0) is 9.59 Å². The van der Waals surface area contributed by atoms with Crippen molar-refractivity contribution in [1.82, 2.24) is 0 Å². The summed E-state index contributed by atoms with van der Waals surface area (Å²) in [7, 11) is 0. The topological polar surface area (TPSA) is 74.6 Å². The van der Waals surface area contributed by atoms with E-state index in [9.17, 15) is 9.59 Å². The predicted octanol–water partition coefficient (Wildman–Crippen LogP) is -3.39. The molecule has 0 aromatic rings. The van der Waals surface area contributed by atoms with Crippen LogP contribution < -0.4 is 29.6 Å². The van der Waals surface area contributed by atoms with Crippen molar-refractivity contribution >= 4 is 11.9 Å². The summed E-state index contributed by atoms with van der Waals surface area (Å²) in [5.41, 5.74) is 0. The fourth-order valence-electron chi connectivity index (χ4n) is 0.106. The fraction of sp³-hybridized carbons (Fsp3) is 0.250. The molecule has 0 saturated carbocycles. The molecule has 0 aromatic heterocycles. The van der Waals surface area contributed by atoms with Gasteiger partial charge in [0.15, 0.2) is 0 Å². The molecule has 4 nitrogen and oxygen atoms in total. The molecule has 0 radical (unpaired) electrons. The summed E-state index contributed by atoms with van der Waals surface area (Å²) >= 11 is 0. The molecule has 0 unspecified atom stereocenters. The van der Waals surface area contributed by atoms with Crippen LogP contribution in [0.5, 0.6) is 0 Å². The minimum absolute atomic E-state index is 0. The Bertz CT molecular complexity index is 108. The van der Waals surface area contributed by atoms with Crippen molar-refractivity contribution in [3.05, 3.63) is 6.92 Å². The van der Waals surface area contributed by atoms with E-state index < -0.39 is 17.9 Å². The van der Waals surface area contributed by atoms with Crippen LogP contribution >= 0.6 is 0 Å². The van der Waals surface area contributed by atoms with Crippen LogP contribution in [-0.4, -0.2) is 22.2 Å². The third-order valence-corrected chi connectivity index (χ3v) is 0.596. The van der Waals surface area contributed by atoms with E-state index in [0.717, 1.165) is 0 Å². The number of carboxylic acids is 2. The summed E-state index contributed by atoms with van der Waals surface area (Å²) < 4.78 is 0. The summed E-state index contributed by atoms with van der Waals surface area (Å²) in [5, 5.41) is 15.8. The summed E-state index contributed by atoms with van der Waals surface area (Å²) in [4.78, 5) is 19.4. The van der Waals surface area contributed by atoms with Crippen LogP contribution in [0, 0.1) is 12.8 Å². The molecule has 0 aliphatic rings. The van der Waals surface area contributed by atoms with Crippen LogP contribution in [0.1, 0.15) is 0 Å². The van der Waals surface area contributed by atoms with E-state index in [1.165, 1.54) is 0 Å². The minimum atomic E-state index is -1.55. The zero-order valence-electron chi connectivity index (χ0n) is 5.00. The molecule has 0 amide bonds. The largest absolute Gasteiger partial charge is 1.00 e. The molecular formula is C4H5NaO4. The summed E-state index contributed by atoms with van der Waals surface area (Å²) in [6.07, 6.45) is 0. The molecule has 0 rings (SSSR count). The SMILES string of the molecule is [CH2-]C(C(=O)O)C(=O)O.[Na+]. The van der Waals surface area contributed by atoms with Gasteiger partial charge in [0.25, 0.3) is 11.9 Å². The molecule has 0 atom stereocenters. The Morgan fingerprint density at radius 1 is 1.22 bits per heavy atom. The Labute approximate surface area is 74.2 Å². The monoisotopic (exact) mass is 140 g/mol. The van der Waals surface area contributed by atoms with Gasteiger partial charge in [-0.05, 0) is 0 Å². The van der Waals surface area contributed by atoms with E-state index in [4.69, 9.17) is 10.2 Å². The maximum Gasteiger partial charge on any atom is 1.00 e. The van der Waals surface area contributed by atoms with Crippen LogP contribution in [0.2, 0.25) is 0 Å². The van der Waals surface area contributed by atoms with Gasteiger partial charge in [-0.3, -0.25) is 9.59 Å². The number of hydrogen-bond donors (Lipinski definition) is 2. The Morgan fingerprint density at radius 2 is 1.44 bits per heavy atom. The van der Waals surface area contributed by atoms with Gasteiger partial charge in [-0.2, -0.15) is 0 Å². The number of rotatable bonds is 2. The van der Waals surface area contributed by atoms with Gasteiger partial charge in [0.2, 0.25) is 0 Å². The zero-order chi connectivity index (χ0) is 6.73. The van der Waals surface area contributed by atoms with Crippen molar-refractivity contribution in [2.24, 2.45) is 5.92 Å². The molecular weight excluding hydrogens is 135 g/mol. The molecule has 0 bridgehead atoms. The second kappa shape index (κ2) is 4.78. The van der Waals surface area contributed by atoms with Crippen molar-refractivity contribution in [3.63, 3.8) is 0 Å². The zero-order valence-corrected chi connectivity index (χ0v) is 7.00. The Hall–Kier alpha value is -0.0600. The normalized spacial score (nSPS) is 8.22. The van der Waals surface area contributed by atoms with Gasteiger partial charge in [0.05, 0.1) is 0 Å². The smallest absolute Gasteiger partial charge is 0.483 e. The molecule has 0 fully saturated rings. The van der Waals surface area contributed by atoms with Gasteiger partial charge in [-0.15, -0.1) is 0 Å². The predicted molar refractivity (Wildman–Crippen MR) is 24.1 cm³/mol. The van der Waals surface area contributed by atoms with E-state index in [1.807, 2.05) is 0 Å². The first-order chi connectivity index (χ1) is 3.55. The van der Waals surface area contributed by atoms with Gasteiger partial charge < -0.3 is 17.1 Å². The molecule has 0 spiro atoms. The van der Waals surface area contributed by atoms with Crippen molar-refractivity contribution < 1.29 is 49.4 Å².